The van der Waals surface area contributed by atoms with Crippen LogP contribution in [0, 0.1) is 0 Å². The molecule has 0 spiro atoms. The fraction of sp³-hybridized carbons (Fsp3) is 0. The smallest absolute Gasteiger partial charge is 0.258 e. The van der Waals surface area contributed by atoms with Crippen molar-refractivity contribution in [2.75, 3.05) is 0 Å². The lowest BCUT2D eigenvalue weighted by atomic mass is 10.4. The van der Waals surface area contributed by atoms with E-state index in [1.54, 1.807) is 23.6 Å². The van der Waals surface area contributed by atoms with Crippen LogP contribution < -0.4 is 5.73 Å². The molecule has 0 saturated carbocycles. The molecule has 0 aliphatic rings. The van der Waals surface area contributed by atoms with Crippen LogP contribution in [0.1, 0.15) is 9.67 Å². The van der Waals surface area contributed by atoms with Crippen molar-refractivity contribution in [3.8, 4) is 9.88 Å². The third-order valence-electron chi connectivity index (χ3n) is 1.49. The lowest BCUT2D eigenvalue weighted by molar-refractivity contribution is 0.100. The Balaban J connectivity index is 0.000000980. The molecule has 2 aromatic heterocycles. The minimum atomic E-state index is -0.382. The Morgan fingerprint density at radius 2 is 2.21 bits per heavy atom. The maximum atomic E-state index is 10.8. The van der Waals surface area contributed by atoms with Gasteiger partial charge in [-0.3, -0.25) is 4.79 Å². The summed E-state index contributed by atoms with van der Waals surface area (Å²) in [6.07, 6.45) is 1.74. The molecule has 3 nitrogen and oxygen atoms in total. The normalized spacial score (nSPS) is 9.43. The van der Waals surface area contributed by atoms with E-state index in [4.69, 9.17) is 5.73 Å². The van der Waals surface area contributed by atoms with Crippen molar-refractivity contribution >= 4 is 41.0 Å². The summed E-state index contributed by atoms with van der Waals surface area (Å²) in [6, 6.07) is 3.59. The second-order valence-electron chi connectivity index (χ2n) is 2.37. The molecular weight excluding hydrogens is 240 g/mol. The molecule has 0 radical (unpaired) electrons. The molecule has 1 amide bonds. The van der Waals surface area contributed by atoms with E-state index in [-0.39, 0.29) is 18.3 Å². The molecule has 6 heteroatoms. The van der Waals surface area contributed by atoms with E-state index >= 15 is 0 Å². The fourth-order valence-corrected chi connectivity index (χ4v) is 2.51. The van der Waals surface area contributed by atoms with Gasteiger partial charge in [0.25, 0.3) is 5.91 Å². The Morgan fingerprint density at radius 3 is 2.71 bits per heavy atom. The predicted octanol–water partition coefficient (Wildman–Crippen LogP) is 2.39. The van der Waals surface area contributed by atoms with Gasteiger partial charge in [-0.05, 0) is 12.1 Å². The van der Waals surface area contributed by atoms with E-state index in [0.717, 1.165) is 9.88 Å². The second kappa shape index (κ2) is 4.54. The highest BCUT2D eigenvalue weighted by molar-refractivity contribution is 7.22. The Labute approximate surface area is 95.0 Å². The molecule has 2 heterocycles. The summed E-state index contributed by atoms with van der Waals surface area (Å²) < 4.78 is 0. The van der Waals surface area contributed by atoms with E-state index in [1.165, 1.54) is 11.3 Å². The van der Waals surface area contributed by atoms with Crippen LogP contribution in [0.15, 0.2) is 23.7 Å². The quantitative estimate of drug-likeness (QED) is 0.885. The van der Waals surface area contributed by atoms with Gasteiger partial charge in [-0.2, -0.15) is 0 Å². The Hall–Kier alpha value is -0.910. The zero-order valence-corrected chi connectivity index (χ0v) is 9.42. The van der Waals surface area contributed by atoms with Crippen molar-refractivity contribution in [2.45, 2.75) is 0 Å². The SMILES string of the molecule is Cl.NC(=O)c1ccc(-c2nccs2)s1. The van der Waals surface area contributed by atoms with E-state index < -0.39 is 0 Å². The predicted molar refractivity (Wildman–Crippen MR) is 61.2 cm³/mol. The number of amides is 1. The largest absolute Gasteiger partial charge is 0.365 e. The molecule has 2 aromatic rings. The summed E-state index contributed by atoms with van der Waals surface area (Å²) in [4.78, 5) is 16.5. The third-order valence-corrected chi connectivity index (χ3v) is 3.53. The van der Waals surface area contributed by atoms with Crippen LogP contribution in [0.25, 0.3) is 9.88 Å². The number of thiazole rings is 1. The van der Waals surface area contributed by atoms with Crippen LogP contribution in [0.3, 0.4) is 0 Å². The van der Waals surface area contributed by atoms with Gasteiger partial charge in [0.15, 0.2) is 0 Å². The van der Waals surface area contributed by atoms with Crippen molar-refractivity contribution in [1.82, 2.24) is 4.98 Å². The summed E-state index contributed by atoms with van der Waals surface area (Å²) in [6.45, 7) is 0. The highest BCUT2D eigenvalue weighted by atomic mass is 35.5. The number of primary amides is 1. The number of rotatable bonds is 2. The first-order chi connectivity index (χ1) is 6.27. The van der Waals surface area contributed by atoms with Crippen LogP contribution in [-0.4, -0.2) is 10.9 Å². The molecule has 0 fully saturated rings. The summed E-state index contributed by atoms with van der Waals surface area (Å²) in [7, 11) is 0. The van der Waals surface area contributed by atoms with Gasteiger partial charge in [-0.1, -0.05) is 0 Å². The Bertz CT molecular complexity index is 424. The number of carbonyl (C=O) groups is 1. The number of thiophene rings is 1. The van der Waals surface area contributed by atoms with Gasteiger partial charge >= 0.3 is 0 Å². The summed E-state index contributed by atoms with van der Waals surface area (Å²) >= 11 is 2.92. The minimum Gasteiger partial charge on any atom is -0.365 e. The summed E-state index contributed by atoms with van der Waals surface area (Å²) in [5, 5.41) is 2.83. The standard InChI is InChI=1S/C8H6N2OS2.ClH/c9-7(11)5-1-2-6(13-5)8-10-3-4-12-8;/h1-4H,(H2,9,11);1H. The molecule has 0 aromatic carbocycles. The van der Waals surface area contributed by atoms with Gasteiger partial charge < -0.3 is 5.73 Å². The van der Waals surface area contributed by atoms with Gasteiger partial charge in [-0.25, -0.2) is 4.98 Å². The molecule has 74 valence electrons. The molecule has 2 N–H and O–H groups in total. The lowest BCUT2D eigenvalue weighted by Crippen LogP contribution is -2.07. The van der Waals surface area contributed by atoms with Crippen LogP contribution in [0.5, 0.6) is 0 Å². The van der Waals surface area contributed by atoms with Crippen molar-refractivity contribution in [2.24, 2.45) is 5.73 Å². The Morgan fingerprint density at radius 1 is 1.43 bits per heavy atom. The van der Waals surface area contributed by atoms with E-state index in [9.17, 15) is 4.79 Å². The molecule has 0 unspecified atom stereocenters. The zero-order chi connectivity index (χ0) is 9.26. The van der Waals surface area contributed by atoms with E-state index in [0.29, 0.717) is 4.88 Å². The Kier molecular flexibility index (Phi) is 3.62. The molecule has 0 aliphatic heterocycles. The van der Waals surface area contributed by atoms with Gasteiger partial charge in [0.05, 0.1) is 9.75 Å². The maximum Gasteiger partial charge on any atom is 0.258 e. The number of hydrogen-bond acceptors (Lipinski definition) is 4. The van der Waals surface area contributed by atoms with Gasteiger partial charge in [0, 0.05) is 11.6 Å². The van der Waals surface area contributed by atoms with Crippen LogP contribution in [0.2, 0.25) is 0 Å². The number of carbonyl (C=O) groups excluding carboxylic acids is 1. The van der Waals surface area contributed by atoms with Crippen LogP contribution in [0.4, 0.5) is 0 Å². The monoisotopic (exact) mass is 246 g/mol. The highest BCUT2D eigenvalue weighted by Crippen LogP contribution is 2.28. The number of aromatic nitrogens is 1. The average molecular weight is 247 g/mol. The molecular formula is C8H7ClN2OS2. The molecule has 0 aliphatic carbocycles. The number of hydrogen-bond donors (Lipinski definition) is 1. The maximum absolute atomic E-state index is 10.8. The first-order valence-electron chi connectivity index (χ1n) is 3.57. The van der Waals surface area contributed by atoms with E-state index in [2.05, 4.69) is 4.98 Å². The second-order valence-corrected chi connectivity index (χ2v) is 4.34. The topological polar surface area (TPSA) is 56.0 Å². The molecule has 0 saturated heterocycles. The summed E-state index contributed by atoms with van der Waals surface area (Å²) in [5.74, 6) is -0.382. The molecule has 14 heavy (non-hydrogen) atoms. The third kappa shape index (κ3) is 2.12. The molecule has 0 atom stereocenters. The van der Waals surface area contributed by atoms with Crippen molar-refractivity contribution in [3.05, 3.63) is 28.6 Å². The lowest BCUT2D eigenvalue weighted by Gasteiger charge is -1.86. The van der Waals surface area contributed by atoms with Crippen LogP contribution >= 0.6 is 35.1 Å². The number of nitrogens with zero attached hydrogens (tertiary/aromatic N) is 1. The first kappa shape index (κ1) is 11.2. The summed E-state index contributed by atoms with van der Waals surface area (Å²) in [5.41, 5.74) is 5.13. The number of halogens is 1. The van der Waals surface area contributed by atoms with Crippen molar-refractivity contribution in [1.29, 1.82) is 0 Å². The first-order valence-corrected chi connectivity index (χ1v) is 5.26. The van der Waals surface area contributed by atoms with Gasteiger partial charge in [-0.15, -0.1) is 35.1 Å². The van der Waals surface area contributed by atoms with E-state index in [1.807, 2.05) is 11.4 Å². The fourth-order valence-electron chi connectivity index (χ4n) is 0.930. The average Bonchev–Trinajstić information content (AvgIpc) is 2.75. The van der Waals surface area contributed by atoms with Gasteiger partial charge in [0.1, 0.15) is 5.01 Å². The minimum absolute atomic E-state index is 0. The highest BCUT2D eigenvalue weighted by Gasteiger charge is 2.07. The van der Waals surface area contributed by atoms with Gasteiger partial charge in [0.2, 0.25) is 0 Å². The number of nitrogens with two attached hydrogens (primary N) is 1. The molecule has 2 rings (SSSR count). The zero-order valence-electron chi connectivity index (χ0n) is 6.97. The van der Waals surface area contributed by atoms with Crippen molar-refractivity contribution in [3.63, 3.8) is 0 Å². The van der Waals surface area contributed by atoms with Crippen LogP contribution in [-0.2, 0) is 0 Å². The molecule has 0 bridgehead atoms. The van der Waals surface area contributed by atoms with Crippen molar-refractivity contribution < 1.29 is 4.79 Å².